The molecule has 1 N–H and O–H groups in total. The van der Waals surface area contributed by atoms with Crippen LogP contribution in [0.1, 0.15) is 25.0 Å². The van der Waals surface area contributed by atoms with Crippen molar-refractivity contribution in [3.63, 3.8) is 0 Å². The van der Waals surface area contributed by atoms with Gasteiger partial charge in [0.2, 0.25) is 0 Å². The maximum absolute atomic E-state index is 5.65. The molecule has 0 bridgehead atoms. The van der Waals surface area contributed by atoms with Crippen molar-refractivity contribution in [2.75, 3.05) is 33.9 Å². The maximum atomic E-state index is 5.65. The van der Waals surface area contributed by atoms with Crippen LogP contribution in [-0.2, 0) is 18.3 Å². The molecule has 0 aliphatic heterocycles. The van der Waals surface area contributed by atoms with E-state index in [9.17, 15) is 0 Å². The van der Waals surface area contributed by atoms with Gasteiger partial charge in [-0.2, -0.15) is 0 Å². The number of guanidine groups is 1. The van der Waals surface area contributed by atoms with Gasteiger partial charge in [-0.25, -0.2) is 0 Å². The van der Waals surface area contributed by atoms with E-state index in [0.717, 1.165) is 49.1 Å². The molecule has 0 atom stereocenters. The first kappa shape index (κ1) is 20.8. The highest BCUT2D eigenvalue weighted by molar-refractivity contribution is 14.0. The molecule has 0 aromatic carbocycles. The molecule has 0 saturated heterocycles. The first-order chi connectivity index (χ1) is 10.6. The first-order valence-electron chi connectivity index (χ1n) is 7.90. The molecule has 5 nitrogen and oxygen atoms in total. The van der Waals surface area contributed by atoms with Gasteiger partial charge >= 0.3 is 0 Å². The zero-order chi connectivity index (χ0) is 15.9. The van der Waals surface area contributed by atoms with Crippen molar-refractivity contribution < 1.29 is 4.74 Å². The third-order valence-electron chi connectivity index (χ3n) is 3.85. The van der Waals surface area contributed by atoms with Gasteiger partial charge in [0.05, 0.1) is 6.54 Å². The van der Waals surface area contributed by atoms with Crippen molar-refractivity contribution in [1.82, 2.24) is 14.8 Å². The van der Waals surface area contributed by atoms with Crippen LogP contribution in [0.5, 0.6) is 0 Å². The quantitative estimate of drug-likeness (QED) is 0.259. The third-order valence-corrected chi connectivity index (χ3v) is 4.28. The summed E-state index contributed by atoms with van der Waals surface area (Å²) >= 11 is 3.51. The lowest BCUT2D eigenvalue weighted by molar-refractivity contribution is 0.122. The fourth-order valence-corrected chi connectivity index (χ4v) is 2.91. The third kappa shape index (κ3) is 7.43. The van der Waals surface area contributed by atoms with Crippen LogP contribution >= 0.6 is 39.9 Å². The molecule has 0 radical (unpaired) electrons. The number of aliphatic imine (C=N–C) groups is 1. The van der Waals surface area contributed by atoms with Crippen LogP contribution in [0.2, 0.25) is 0 Å². The highest BCUT2D eigenvalue weighted by Crippen LogP contribution is 2.28. The van der Waals surface area contributed by atoms with E-state index in [1.165, 1.54) is 18.5 Å². The Morgan fingerprint density at radius 3 is 2.83 bits per heavy atom. The molecule has 23 heavy (non-hydrogen) atoms. The topological polar surface area (TPSA) is 41.8 Å². The summed E-state index contributed by atoms with van der Waals surface area (Å²) in [5.74, 6) is 1.76. The molecule has 1 aliphatic rings. The molecule has 0 unspecified atom stereocenters. The largest absolute Gasteiger partial charge is 0.381 e. The molecule has 1 heterocycles. The first-order valence-corrected chi connectivity index (χ1v) is 8.69. The molecule has 0 amide bonds. The van der Waals surface area contributed by atoms with Gasteiger partial charge in [-0.15, -0.1) is 24.0 Å². The SMILES string of the molecule is CN=C(NCCCOCC1CC1)N(C)Cc1cc(Br)cn1C.I. The van der Waals surface area contributed by atoms with Crippen LogP contribution in [0, 0.1) is 5.92 Å². The molecule has 1 aliphatic carbocycles. The minimum Gasteiger partial charge on any atom is -0.381 e. The van der Waals surface area contributed by atoms with Gasteiger partial charge in [0.25, 0.3) is 0 Å². The lowest BCUT2D eigenvalue weighted by Gasteiger charge is -2.22. The van der Waals surface area contributed by atoms with Crippen LogP contribution in [0.4, 0.5) is 0 Å². The van der Waals surface area contributed by atoms with Crippen molar-refractivity contribution in [1.29, 1.82) is 0 Å². The second-order valence-electron chi connectivity index (χ2n) is 5.96. The van der Waals surface area contributed by atoms with E-state index < -0.39 is 0 Å². The molecule has 2 rings (SSSR count). The van der Waals surface area contributed by atoms with Crippen molar-refractivity contribution in [3.05, 3.63) is 22.4 Å². The summed E-state index contributed by atoms with van der Waals surface area (Å²) in [6.45, 7) is 3.48. The molecule has 1 aromatic heterocycles. The normalized spacial score (nSPS) is 14.5. The molecule has 7 heteroatoms. The zero-order valence-corrected chi connectivity index (χ0v) is 18.1. The van der Waals surface area contributed by atoms with Crippen LogP contribution in [0.25, 0.3) is 0 Å². The predicted molar refractivity (Wildman–Crippen MR) is 110 cm³/mol. The van der Waals surface area contributed by atoms with Crippen LogP contribution in [-0.4, -0.2) is 49.3 Å². The summed E-state index contributed by atoms with van der Waals surface area (Å²) in [4.78, 5) is 6.48. The number of nitrogens with zero attached hydrogens (tertiary/aromatic N) is 3. The van der Waals surface area contributed by atoms with Crippen molar-refractivity contribution in [2.24, 2.45) is 18.0 Å². The fourth-order valence-electron chi connectivity index (χ4n) is 2.33. The second-order valence-corrected chi connectivity index (χ2v) is 6.88. The Labute approximate surface area is 165 Å². The number of hydrogen-bond acceptors (Lipinski definition) is 2. The molecule has 1 aromatic rings. The van der Waals surface area contributed by atoms with Crippen LogP contribution < -0.4 is 5.32 Å². The van der Waals surface area contributed by atoms with Gasteiger partial charge in [0.15, 0.2) is 5.96 Å². The average Bonchev–Trinajstić information content (AvgIpc) is 3.24. The van der Waals surface area contributed by atoms with Crippen LogP contribution in [0.3, 0.4) is 0 Å². The standard InChI is InChI=1S/C16H27BrN4O.HI/c1-18-16(19-7-4-8-22-12-13-5-6-13)21(3)11-15-9-14(17)10-20(15)2;/h9-10,13H,4-8,11-12H2,1-3H3,(H,18,19);1H. The summed E-state index contributed by atoms with van der Waals surface area (Å²) in [6.07, 6.45) is 5.78. The zero-order valence-electron chi connectivity index (χ0n) is 14.2. The average molecular weight is 499 g/mol. The summed E-state index contributed by atoms with van der Waals surface area (Å²) in [5, 5.41) is 3.39. The number of halogens is 2. The second kappa shape index (κ2) is 10.6. The van der Waals surface area contributed by atoms with Gasteiger partial charge in [0.1, 0.15) is 0 Å². The summed E-state index contributed by atoms with van der Waals surface area (Å²) < 4.78 is 8.88. The van der Waals surface area contributed by atoms with Gasteiger partial charge in [0, 0.05) is 57.3 Å². The monoisotopic (exact) mass is 498 g/mol. The Balaban J connectivity index is 0.00000264. The number of aryl methyl sites for hydroxylation is 1. The van der Waals surface area contributed by atoms with Crippen molar-refractivity contribution >= 4 is 45.9 Å². The molecule has 1 saturated carbocycles. The van der Waals surface area contributed by atoms with Crippen molar-refractivity contribution in [3.8, 4) is 0 Å². The number of ether oxygens (including phenoxy) is 1. The Morgan fingerprint density at radius 1 is 1.52 bits per heavy atom. The Hall–Kier alpha value is -0.280. The Kier molecular flexibility index (Phi) is 9.53. The highest BCUT2D eigenvalue weighted by atomic mass is 127. The molecular formula is C16H28BrIN4O. The van der Waals surface area contributed by atoms with Crippen LogP contribution in [0.15, 0.2) is 21.7 Å². The van der Waals surface area contributed by atoms with Gasteiger partial charge in [-0.05, 0) is 47.2 Å². The number of nitrogens with one attached hydrogen (secondary N) is 1. The molecular weight excluding hydrogens is 471 g/mol. The highest BCUT2D eigenvalue weighted by Gasteiger charge is 2.20. The van der Waals surface area contributed by atoms with E-state index in [0.29, 0.717) is 0 Å². The smallest absolute Gasteiger partial charge is 0.193 e. The maximum Gasteiger partial charge on any atom is 0.193 e. The van der Waals surface area contributed by atoms with E-state index in [-0.39, 0.29) is 24.0 Å². The van der Waals surface area contributed by atoms with E-state index in [2.05, 4.69) is 62.1 Å². The predicted octanol–water partition coefficient (Wildman–Crippen LogP) is 3.23. The van der Waals surface area contributed by atoms with E-state index in [4.69, 9.17) is 4.74 Å². The summed E-state index contributed by atoms with van der Waals surface area (Å²) in [5.41, 5.74) is 1.24. The van der Waals surface area contributed by atoms with Gasteiger partial charge in [-0.3, -0.25) is 4.99 Å². The van der Waals surface area contributed by atoms with Crippen molar-refractivity contribution in [2.45, 2.75) is 25.8 Å². The summed E-state index contributed by atoms with van der Waals surface area (Å²) in [6, 6.07) is 2.13. The molecule has 1 fully saturated rings. The van der Waals surface area contributed by atoms with E-state index in [1.54, 1.807) is 0 Å². The lowest BCUT2D eigenvalue weighted by Crippen LogP contribution is -2.39. The lowest BCUT2D eigenvalue weighted by atomic mass is 10.4. The summed E-state index contributed by atoms with van der Waals surface area (Å²) in [7, 11) is 5.94. The number of rotatable bonds is 8. The Bertz CT molecular complexity index is 502. The van der Waals surface area contributed by atoms with Gasteiger partial charge in [-0.1, -0.05) is 0 Å². The number of hydrogen-bond donors (Lipinski definition) is 1. The number of aromatic nitrogens is 1. The molecule has 132 valence electrons. The molecule has 0 spiro atoms. The Morgan fingerprint density at radius 2 is 2.26 bits per heavy atom. The minimum absolute atomic E-state index is 0. The minimum atomic E-state index is 0. The fraction of sp³-hybridized carbons (Fsp3) is 0.688. The van der Waals surface area contributed by atoms with Gasteiger partial charge < -0.3 is 19.5 Å². The van der Waals surface area contributed by atoms with E-state index in [1.807, 2.05) is 7.05 Å². The van der Waals surface area contributed by atoms with E-state index >= 15 is 0 Å².